The standard InChI is InChI=1S/C9H5ClFIN2/c10-8-5-2-7(13)14-3-4(5)1-6(12)9(8)11/h1-3H,(H2,13,14). The Morgan fingerprint density at radius 2 is 2.14 bits per heavy atom. The van der Waals surface area contributed by atoms with Gasteiger partial charge < -0.3 is 5.73 Å². The SMILES string of the molecule is Nc1cc2c(Cl)c(F)c(I)cc2cn1. The highest BCUT2D eigenvalue weighted by atomic mass is 127. The second kappa shape index (κ2) is 3.51. The van der Waals surface area contributed by atoms with E-state index in [1.165, 1.54) is 0 Å². The molecule has 2 nitrogen and oxygen atoms in total. The predicted molar refractivity (Wildman–Crippen MR) is 63.8 cm³/mol. The van der Waals surface area contributed by atoms with Crippen molar-refractivity contribution in [2.24, 2.45) is 0 Å². The number of fused-ring (bicyclic) bond motifs is 1. The Morgan fingerprint density at radius 3 is 2.86 bits per heavy atom. The molecule has 0 bridgehead atoms. The van der Waals surface area contributed by atoms with Gasteiger partial charge in [-0.05, 0) is 34.7 Å². The second-order valence-electron chi connectivity index (χ2n) is 2.82. The minimum Gasteiger partial charge on any atom is -0.384 e. The number of aromatic nitrogens is 1. The van der Waals surface area contributed by atoms with Crippen molar-refractivity contribution in [1.82, 2.24) is 4.98 Å². The maximum absolute atomic E-state index is 13.4. The molecule has 2 aromatic rings. The number of hydrogen-bond donors (Lipinski definition) is 1. The van der Waals surface area contributed by atoms with E-state index < -0.39 is 5.82 Å². The van der Waals surface area contributed by atoms with Crippen LogP contribution in [0.25, 0.3) is 10.8 Å². The molecule has 1 aromatic heterocycles. The number of nitrogens with zero attached hydrogens (tertiary/aromatic N) is 1. The minimum atomic E-state index is -0.412. The Hall–Kier alpha value is -0.620. The third-order valence-corrected chi connectivity index (χ3v) is 3.03. The van der Waals surface area contributed by atoms with Crippen LogP contribution in [0.5, 0.6) is 0 Å². The molecular weight excluding hydrogens is 317 g/mol. The first-order chi connectivity index (χ1) is 6.59. The van der Waals surface area contributed by atoms with E-state index in [2.05, 4.69) is 4.98 Å². The van der Waals surface area contributed by atoms with Gasteiger partial charge in [0.05, 0.1) is 8.59 Å². The third-order valence-electron chi connectivity index (χ3n) is 1.88. The lowest BCUT2D eigenvalue weighted by atomic mass is 10.2. The molecule has 0 radical (unpaired) electrons. The second-order valence-corrected chi connectivity index (χ2v) is 4.36. The quantitative estimate of drug-likeness (QED) is 0.597. The molecule has 0 aliphatic rings. The summed E-state index contributed by atoms with van der Waals surface area (Å²) in [6.45, 7) is 0. The molecule has 0 aliphatic carbocycles. The summed E-state index contributed by atoms with van der Waals surface area (Å²) in [6, 6.07) is 3.25. The van der Waals surface area contributed by atoms with Gasteiger partial charge in [-0.25, -0.2) is 9.37 Å². The topological polar surface area (TPSA) is 38.9 Å². The molecule has 0 fully saturated rings. The molecule has 1 aromatic carbocycles. The highest BCUT2D eigenvalue weighted by molar-refractivity contribution is 14.1. The highest BCUT2D eigenvalue weighted by Gasteiger charge is 2.10. The number of hydrogen-bond acceptors (Lipinski definition) is 2. The molecule has 72 valence electrons. The smallest absolute Gasteiger partial charge is 0.155 e. The summed E-state index contributed by atoms with van der Waals surface area (Å²) in [4.78, 5) is 3.91. The number of nitrogen functional groups attached to an aromatic ring is 1. The van der Waals surface area contributed by atoms with Gasteiger partial charge in [-0.15, -0.1) is 0 Å². The van der Waals surface area contributed by atoms with Gasteiger partial charge in [0.1, 0.15) is 5.82 Å². The van der Waals surface area contributed by atoms with Gasteiger partial charge in [-0.1, -0.05) is 11.6 Å². The van der Waals surface area contributed by atoms with Crippen molar-refractivity contribution in [1.29, 1.82) is 0 Å². The van der Waals surface area contributed by atoms with Crippen LogP contribution < -0.4 is 5.73 Å². The fourth-order valence-corrected chi connectivity index (χ4v) is 2.24. The number of benzene rings is 1. The van der Waals surface area contributed by atoms with E-state index in [0.29, 0.717) is 14.8 Å². The average Bonchev–Trinajstić information content (AvgIpc) is 2.16. The average molecular weight is 323 g/mol. The van der Waals surface area contributed by atoms with Gasteiger partial charge in [0.15, 0.2) is 5.82 Å². The van der Waals surface area contributed by atoms with Crippen molar-refractivity contribution in [3.63, 3.8) is 0 Å². The van der Waals surface area contributed by atoms with Gasteiger partial charge in [0, 0.05) is 17.0 Å². The van der Waals surface area contributed by atoms with Crippen LogP contribution in [0, 0.1) is 9.39 Å². The van der Waals surface area contributed by atoms with Crippen molar-refractivity contribution in [2.75, 3.05) is 5.73 Å². The molecule has 0 aliphatic heterocycles. The summed E-state index contributed by atoms with van der Waals surface area (Å²) in [5, 5.41) is 1.48. The molecule has 0 spiro atoms. The van der Waals surface area contributed by atoms with E-state index in [1.807, 2.05) is 22.6 Å². The van der Waals surface area contributed by atoms with Gasteiger partial charge in [-0.2, -0.15) is 0 Å². The van der Waals surface area contributed by atoms with Gasteiger partial charge in [-0.3, -0.25) is 0 Å². The van der Waals surface area contributed by atoms with Gasteiger partial charge in [0.2, 0.25) is 0 Å². The molecule has 1 heterocycles. The largest absolute Gasteiger partial charge is 0.384 e. The van der Waals surface area contributed by atoms with Crippen LogP contribution in [0.3, 0.4) is 0 Å². The Kier molecular flexibility index (Phi) is 2.48. The van der Waals surface area contributed by atoms with Crippen LogP contribution in [-0.4, -0.2) is 4.98 Å². The molecule has 0 saturated heterocycles. The van der Waals surface area contributed by atoms with Crippen LogP contribution in [0.4, 0.5) is 10.2 Å². The lowest BCUT2D eigenvalue weighted by Crippen LogP contribution is -1.92. The van der Waals surface area contributed by atoms with Crippen LogP contribution in [0.2, 0.25) is 5.02 Å². The number of anilines is 1. The van der Waals surface area contributed by atoms with Crippen LogP contribution in [0.1, 0.15) is 0 Å². The molecule has 0 atom stereocenters. The zero-order valence-corrected chi connectivity index (χ0v) is 9.80. The molecule has 2 rings (SSSR count). The molecule has 0 amide bonds. The zero-order chi connectivity index (χ0) is 10.3. The Labute approximate surface area is 98.4 Å². The summed E-state index contributed by atoms with van der Waals surface area (Å²) in [5.41, 5.74) is 5.49. The fraction of sp³-hybridized carbons (Fsp3) is 0. The number of halogens is 3. The third kappa shape index (κ3) is 1.52. The van der Waals surface area contributed by atoms with Crippen molar-refractivity contribution < 1.29 is 4.39 Å². The lowest BCUT2D eigenvalue weighted by molar-refractivity contribution is 0.623. The molecule has 14 heavy (non-hydrogen) atoms. The summed E-state index contributed by atoms with van der Waals surface area (Å²) < 4.78 is 13.9. The van der Waals surface area contributed by atoms with Crippen molar-refractivity contribution >= 4 is 50.8 Å². The minimum absolute atomic E-state index is 0.0981. The summed E-state index contributed by atoms with van der Waals surface area (Å²) in [7, 11) is 0. The van der Waals surface area contributed by atoms with E-state index in [4.69, 9.17) is 17.3 Å². The monoisotopic (exact) mass is 322 g/mol. The summed E-state index contributed by atoms with van der Waals surface area (Å²) >= 11 is 7.73. The normalized spacial score (nSPS) is 10.8. The Bertz CT molecular complexity index is 516. The summed E-state index contributed by atoms with van der Waals surface area (Å²) in [5.74, 6) is -0.0784. The maximum Gasteiger partial charge on any atom is 0.155 e. The molecule has 0 saturated carbocycles. The molecular formula is C9H5ClFIN2. The van der Waals surface area contributed by atoms with Gasteiger partial charge in [0.25, 0.3) is 0 Å². The van der Waals surface area contributed by atoms with E-state index in [9.17, 15) is 4.39 Å². The van der Waals surface area contributed by atoms with E-state index in [0.717, 1.165) is 5.39 Å². The fourth-order valence-electron chi connectivity index (χ4n) is 1.21. The van der Waals surface area contributed by atoms with Gasteiger partial charge >= 0.3 is 0 Å². The van der Waals surface area contributed by atoms with E-state index >= 15 is 0 Å². The van der Waals surface area contributed by atoms with Crippen molar-refractivity contribution in [2.45, 2.75) is 0 Å². The predicted octanol–water partition coefficient (Wildman–Crippen LogP) is 3.21. The Morgan fingerprint density at radius 1 is 1.43 bits per heavy atom. The molecule has 0 unspecified atom stereocenters. The first kappa shape index (κ1) is 9.92. The molecule has 5 heteroatoms. The molecule has 2 N–H and O–H groups in total. The number of pyridine rings is 1. The van der Waals surface area contributed by atoms with Crippen LogP contribution >= 0.6 is 34.2 Å². The lowest BCUT2D eigenvalue weighted by Gasteiger charge is -2.04. The number of rotatable bonds is 0. The van der Waals surface area contributed by atoms with E-state index in [-0.39, 0.29) is 5.02 Å². The zero-order valence-electron chi connectivity index (χ0n) is 6.89. The summed E-state index contributed by atoms with van der Waals surface area (Å²) in [6.07, 6.45) is 1.58. The first-order valence-corrected chi connectivity index (χ1v) is 5.24. The van der Waals surface area contributed by atoms with E-state index in [1.54, 1.807) is 18.3 Å². The Balaban J connectivity index is 2.92. The van der Waals surface area contributed by atoms with Crippen molar-refractivity contribution in [3.8, 4) is 0 Å². The van der Waals surface area contributed by atoms with Crippen molar-refractivity contribution in [3.05, 3.63) is 32.7 Å². The first-order valence-electron chi connectivity index (χ1n) is 3.78. The highest BCUT2D eigenvalue weighted by Crippen LogP contribution is 2.30. The maximum atomic E-state index is 13.4. The van der Waals surface area contributed by atoms with Crippen LogP contribution in [0.15, 0.2) is 18.3 Å². The van der Waals surface area contributed by atoms with Crippen LogP contribution in [-0.2, 0) is 0 Å². The number of nitrogens with two attached hydrogens (primary N) is 1.